The lowest BCUT2D eigenvalue weighted by molar-refractivity contribution is 0.0311. The molecule has 0 heterocycles. The van der Waals surface area contributed by atoms with Crippen molar-refractivity contribution in [3.8, 4) is 17.6 Å². The van der Waals surface area contributed by atoms with Gasteiger partial charge in [-0.2, -0.15) is 0 Å². The van der Waals surface area contributed by atoms with E-state index in [9.17, 15) is 5.11 Å². The minimum atomic E-state index is -0.512. The molecule has 0 spiro atoms. The lowest BCUT2D eigenvalue weighted by Gasteiger charge is -2.08. The highest BCUT2D eigenvalue weighted by molar-refractivity contribution is 5.26. The summed E-state index contributed by atoms with van der Waals surface area (Å²) in [5.41, 5.74) is 1.06. The molecular formula is C15H20O3. The van der Waals surface area contributed by atoms with E-state index in [0.717, 1.165) is 17.7 Å². The Kier molecular flexibility index (Phi) is 6.93. The van der Waals surface area contributed by atoms with Crippen LogP contribution in [0.4, 0.5) is 0 Å². The maximum atomic E-state index is 9.59. The number of hydrogen-bond donors (Lipinski definition) is 1. The summed E-state index contributed by atoms with van der Waals surface area (Å²) < 4.78 is 10.5. The predicted octanol–water partition coefficient (Wildman–Crippen LogP) is 2.38. The molecule has 0 aromatic heterocycles. The van der Waals surface area contributed by atoms with Crippen molar-refractivity contribution in [2.24, 2.45) is 0 Å². The highest BCUT2D eigenvalue weighted by atomic mass is 16.5. The molecule has 0 aliphatic rings. The van der Waals surface area contributed by atoms with Crippen LogP contribution in [0.15, 0.2) is 24.3 Å². The molecule has 0 aliphatic heterocycles. The monoisotopic (exact) mass is 248 g/mol. The number of hydrogen-bond acceptors (Lipinski definition) is 3. The number of ether oxygens (including phenoxy) is 2. The second kappa shape index (κ2) is 8.57. The maximum absolute atomic E-state index is 9.59. The Morgan fingerprint density at radius 3 is 2.56 bits per heavy atom. The molecule has 0 saturated carbocycles. The topological polar surface area (TPSA) is 38.7 Å². The molecule has 0 fully saturated rings. The van der Waals surface area contributed by atoms with E-state index in [2.05, 4.69) is 11.8 Å². The van der Waals surface area contributed by atoms with Crippen LogP contribution in [0.5, 0.6) is 5.75 Å². The molecule has 0 amide bonds. The third-order valence-electron chi connectivity index (χ3n) is 2.38. The van der Waals surface area contributed by atoms with E-state index < -0.39 is 6.10 Å². The lowest BCUT2D eigenvalue weighted by Crippen LogP contribution is -2.14. The van der Waals surface area contributed by atoms with Crippen LogP contribution in [0.3, 0.4) is 0 Å². The van der Waals surface area contributed by atoms with Crippen LogP contribution in [-0.4, -0.2) is 24.9 Å². The fourth-order valence-corrected chi connectivity index (χ4v) is 1.41. The highest BCUT2D eigenvalue weighted by Gasteiger charge is 2.02. The van der Waals surface area contributed by atoms with E-state index in [1.807, 2.05) is 31.2 Å². The van der Waals surface area contributed by atoms with Crippen molar-refractivity contribution in [1.82, 2.24) is 0 Å². The molecule has 1 aromatic carbocycles. The summed E-state index contributed by atoms with van der Waals surface area (Å²) in [5.74, 6) is 6.65. The van der Waals surface area contributed by atoms with E-state index in [0.29, 0.717) is 19.6 Å². The number of aliphatic hydroxyl groups is 1. The summed E-state index contributed by atoms with van der Waals surface area (Å²) in [5, 5.41) is 9.59. The van der Waals surface area contributed by atoms with Gasteiger partial charge in [-0.3, -0.25) is 0 Å². The summed E-state index contributed by atoms with van der Waals surface area (Å²) >= 11 is 0. The van der Waals surface area contributed by atoms with Gasteiger partial charge in [0.25, 0.3) is 0 Å². The van der Waals surface area contributed by atoms with Gasteiger partial charge in [-0.15, -0.1) is 11.8 Å². The molecule has 1 atom stereocenters. The summed E-state index contributed by atoms with van der Waals surface area (Å²) in [6, 6.07) is 7.67. The zero-order valence-corrected chi connectivity index (χ0v) is 11.0. The molecule has 1 N–H and O–H groups in total. The van der Waals surface area contributed by atoms with Gasteiger partial charge in [0.2, 0.25) is 0 Å². The van der Waals surface area contributed by atoms with Gasteiger partial charge >= 0.3 is 0 Å². The summed E-state index contributed by atoms with van der Waals surface area (Å²) in [7, 11) is 1.64. The quantitative estimate of drug-likeness (QED) is 0.786. The Morgan fingerprint density at radius 2 is 1.94 bits per heavy atom. The van der Waals surface area contributed by atoms with Gasteiger partial charge in [0, 0.05) is 12.8 Å². The molecular weight excluding hydrogens is 228 g/mol. The van der Waals surface area contributed by atoms with E-state index in [1.165, 1.54) is 0 Å². The standard InChI is InChI=1S/C15H20O3/c1-3-4-5-6-14(16)12-18-11-13-7-9-15(17-2)10-8-13/h7-10,14,16H,3,6,11-12H2,1-2H3/t14-/m1/s1. The summed E-state index contributed by atoms with van der Waals surface area (Å²) in [6.07, 6.45) is 0.776. The van der Waals surface area contributed by atoms with Gasteiger partial charge in [-0.05, 0) is 17.7 Å². The molecule has 18 heavy (non-hydrogen) atoms. The second-order valence-electron chi connectivity index (χ2n) is 3.93. The van der Waals surface area contributed by atoms with Crippen molar-refractivity contribution in [3.05, 3.63) is 29.8 Å². The molecule has 1 aromatic rings. The zero-order valence-electron chi connectivity index (χ0n) is 11.0. The van der Waals surface area contributed by atoms with E-state index in [-0.39, 0.29) is 0 Å². The smallest absolute Gasteiger partial charge is 0.118 e. The van der Waals surface area contributed by atoms with Crippen molar-refractivity contribution < 1.29 is 14.6 Å². The Bertz CT molecular complexity index is 386. The normalized spacial score (nSPS) is 11.5. The number of aliphatic hydroxyl groups excluding tert-OH is 1. The van der Waals surface area contributed by atoms with Crippen LogP contribution in [0.2, 0.25) is 0 Å². The number of methoxy groups -OCH3 is 1. The minimum Gasteiger partial charge on any atom is -0.497 e. The van der Waals surface area contributed by atoms with Gasteiger partial charge in [0.05, 0.1) is 26.4 Å². The number of rotatable bonds is 6. The van der Waals surface area contributed by atoms with Gasteiger partial charge < -0.3 is 14.6 Å². The van der Waals surface area contributed by atoms with E-state index >= 15 is 0 Å². The molecule has 1 rings (SSSR count). The van der Waals surface area contributed by atoms with Gasteiger partial charge in [-0.1, -0.05) is 19.1 Å². The molecule has 0 bridgehead atoms. The molecule has 3 nitrogen and oxygen atoms in total. The predicted molar refractivity (Wildman–Crippen MR) is 71.3 cm³/mol. The van der Waals surface area contributed by atoms with Crippen LogP contribution in [0.25, 0.3) is 0 Å². The van der Waals surface area contributed by atoms with Gasteiger partial charge in [0.1, 0.15) is 5.75 Å². The maximum Gasteiger partial charge on any atom is 0.118 e. The van der Waals surface area contributed by atoms with Crippen LogP contribution in [0, 0.1) is 11.8 Å². The summed E-state index contributed by atoms with van der Waals surface area (Å²) in [6.45, 7) is 2.78. The van der Waals surface area contributed by atoms with Crippen LogP contribution < -0.4 is 4.74 Å². The molecule has 0 unspecified atom stereocenters. The van der Waals surface area contributed by atoms with Crippen LogP contribution in [-0.2, 0) is 11.3 Å². The van der Waals surface area contributed by atoms with Crippen molar-refractivity contribution in [2.75, 3.05) is 13.7 Å². The lowest BCUT2D eigenvalue weighted by atomic mass is 10.2. The molecule has 3 heteroatoms. The first-order valence-electron chi connectivity index (χ1n) is 6.10. The average molecular weight is 248 g/mol. The van der Waals surface area contributed by atoms with Crippen molar-refractivity contribution in [3.63, 3.8) is 0 Å². The molecule has 98 valence electrons. The summed E-state index contributed by atoms with van der Waals surface area (Å²) in [4.78, 5) is 0. The fraction of sp³-hybridized carbons (Fsp3) is 0.467. The van der Waals surface area contributed by atoms with E-state index in [4.69, 9.17) is 9.47 Å². The van der Waals surface area contributed by atoms with Gasteiger partial charge in [-0.25, -0.2) is 0 Å². The molecule has 0 aliphatic carbocycles. The highest BCUT2D eigenvalue weighted by Crippen LogP contribution is 2.12. The van der Waals surface area contributed by atoms with Crippen molar-refractivity contribution in [1.29, 1.82) is 0 Å². The largest absolute Gasteiger partial charge is 0.497 e. The number of benzene rings is 1. The molecule has 0 saturated heterocycles. The Hall–Kier alpha value is -1.50. The molecule has 0 radical (unpaired) electrons. The van der Waals surface area contributed by atoms with Gasteiger partial charge in [0.15, 0.2) is 0 Å². The SMILES string of the molecule is CCC#CC[C@@H](O)COCc1ccc(OC)cc1. The van der Waals surface area contributed by atoms with E-state index in [1.54, 1.807) is 7.11 Å². The average Bonchev–Trinajstić information content (AvgIpc) is 2.40. The third kappa shape index (κ3) is 5.72. The minimum absolute atomic E-state index is 0.310. The third-order valence-corrected chi connectivity index (χ3v) is 2.38. The Balaban J connectivity index is 2.24. The zero-order chi connectivity index (χ0) is 13.2. The fourth-order valence-electron chi connectivity index (χ4n) is 1.41. The van der Waals surface area contributed by atoms with Crippen molar-refractivity contribution >= 4 is 0 Å². The Labute approximate surface area is 109 Å². The van der Waals surface area contributed by atoms with Crippen LogP contribution >= 0.6 is 0 Å². The second-order valence-corrected chi connectivity index (χ2v) is 3.93. The van der Waals surface area contributed by atoms with Crippen LogP contribution in [0.1, 0.15) is 25.3 Å². The Morgan fingerprint density at radius 1 is 1.22 bits per heavy atom. The first-order chi connectivity index (χ1) is 8.76. The van der Waals surface area contributed by atoms with Crippen molar-refractivity contribution in [2.45, 2.75) is 32.5 Å². The first-order valence-corrected chi connectivity index (χ1v) is 6.10. The first kappa shape index (κ1) is 14.6.